The second kappa shape index (κ2) is 7.87. The van der Waals surface area contributed by atoms with Crippen LogP contribution in [0.4, 0.5) is 34.6 Å². The van der Waals surface area contributed by atoms with E-state index in [2.05, 4.69) is 10.2 Å². The fraction of sp³-hybridized carbons (Fsp3) is 0.222. The lowest BCUT2D eigenvalue weighted by molar-refractivity contribution is -0.136. The number of carbonyl (C=O) groups is 1. The van der Waals surface area contributed by atoms with E-state index in [0.29, 0.717) is 5.69 Å². The van der Waals surface area contributed by atoms with Gasteiger partial charge in [-0.1, -0.05) is 6.07 Å². The molecule has 0 saturated heterocycles. The number of hydrogen-bond donors (Lipinski definition) is 1. The first-order chi connectivity index (χ1) is 12.2. The predicted octanol–water partition coefficient (Wildman–Crippen LogP) is 4.86. The molecular formula is C18H15F4N3O. The van der Waals surface area contributed by atoms with E-state index in [-0.39, 0.29) is 18.8 Å². The average Bonchev–Trinajstić information content (AvgIpc) is 2.60. The maximum Gasteiger partial charge on any atom is 0.407 e. The van der Waals surface area contributed by atoms with Crippen LogP contribution in [0.5, 0.6) is 0 Å². The van der Waals surface area contributed by atoms with Crippen LogP contribution in [-0.4, -0.2) is 19.0 Å². The van der Waals surface area contributed by atoms with Gasteiger partial charge in [-0.15, -0.1) is 0 Å². The predicted molar refractivity (Wildman–Crippen MR) is 90.6 cm³/mol. The number of benzene rings is 2. The van der Waals surface area contributed by atoms with E-state index in [0.717, 1.165) is 12.1 Å². The summed E-state index contributed by atoms with van der Waals surface area (Å²) in [5.74, 6) is -0.904. The summed E-state index contributed by atoms with van der Waals surface area (Å²) in [6, 6.07) is 8.47. The number of hydrogen-bond acceptors (Lipinski definition) is 2. The highest BCUT2D eigenvalue weighted by Crippen LogP contribution is 2.38. The van der Waals surface area contributed by atoms with Crippen molar-refractivity contribution in [2.24, 2.45) is 0 Å². The number of nitrogens with zero attached hydrogens (tertiary/aromatic N) is 2. The molecule has 0 spiro atoms. The molecule has 136 valence electrons. The fourth-order valence-electron chi connectivity index (χ4n) is 2.34. The number of alkyl halides is 3. The number of amides is 1. The van der Waals surface area contributed by atoms with Crippen LogP contribution in [0.15, 0.2) is 42.5 Å². The van der Waals surface area contributed by atoms with Crippen molar-refractivity contribution in [3.8, 4) is 0 Å². The van der Waals surface area contributed by atoms with Crippen molar-refractivity contribution in [1.82, 2.24) is 0 Å². The molecule has 0 radical (unpaired) electrons. The van der Waals surface area contributed by atoms with E-state index in [1.54, 1.807) is 6.92 Å². The van der Waals surface area contributed by atoms with Crippen molar-refractivity contribution in [2.45, 2.75) is 13.1 Å². The Morgan fingerprint density at radius 2 is 1.85 bits per heavy atom. The minimum absolute atomic E-state index is 0.182. The molecule has 2 rings (SSSR count). The average molecular weight is 365 g/mol. The number of nitrogens with one attached hydrogen (secondary N) is 1. The third-order valence-electron chi connectivity index (χ3n) is 3.62. The molecule has 0 aromatic heterocycles. The van der Waals surface area contributed by atoms with Crippen LogP contribution in [-0.2, 0) is 11.0 Å². The quantitative estimate of drug-likeness (QED) is 0.607. The minimum Gasteiger partial charge on any atom is -0.363 e. The molecule has 0 bridgehead atoms. The van der Waals surface area contributed by atoms with Gasteiger partial charge in [0, 0.05) is 17.9 Å². The zero-order valence-corrected chi connectivity index (χ0v) is 13.8. The van der Waals surface area contributed by atoms with Crippen LogP contribution in [0, 0.1) is 12.4 Å². The van der Waals surface area contributed by atoms with Crippen LogP contribution >= 0.6 is 0 Å². The molecule has 0 atom stereocenters. The Kier molecular flexibility index (Phi) is 5.82. The van der Waals surface area contributed by atoms with Gasteiger partial charge >= 0.3 is 6.18 Å². The standard InChI is InChI=1S/C18H15F4N3O/c1-3-25(11-17(26)24-13-6-4-12(19)5-7-13)14-8-9-16(23-2)15(10-14)18(20,21)22/h4-10H,3,11H2,1H3,(H,24,26). The number of anilines is 2. The molecule has 0 unspecified atom stereocenters. The molecule has 4 nitrogen and oxygen atoms in total. The third-order valence-corrected chi connectivity index (χ3v) is 3.62. The number of likely N-dealkylation sites (N-methyl/N-ethyl adjacent to an activating group) is 1. The van der Waals surface area contributed by atoms with Crippen molar-refractivity contribution in [3.05, 3.63) is 65.3 Å². The van der Waals surface area contributed by atoms with Gasteiger partial charge in [0.25, 0.3) is 0 Å². The Hall–Kier alpha value is -3.08. The van der Waals surface area contributed by atoms with Gasteiger partial charge in [0.2, 0.25) is 5.91 Å². The van der Waals surface area contributed by atoms with Gasteiger partial charge in [0.15, 0.2) is 5.69 Å². The van der Waals surface area contributed by atoms with Crippen LogP contribution in [0.25, 0.3) is 4.85 Å². The molecule has 0 aliphatic heterocycles. The van der Waals surface area contributed by atoms with E-state index in [1.165, 1.54) is 35.2 Å². The summed E-state index contributed by atoms with van der Waals surface area (Å²) in [6.45, 7) is 8.65. The Morgan fingerprint density at radius 3 is 2.38 bits per heavy atom. The lowest BCUT2D eigenvalue weighted by Crippen LogP contribution is -2.33. The van der Waals surface area contributed by atoms with E-state index in [4.69, 9.17) is 6.57 Å². The number of rotatable bonds is 5. The molecule has 8 heteroatoms. The number of carbonyl (C=O) groups excluding carboxylic acids is 1. The summed E-state index contributed by atoms with van der Waals surface area (Å²) >= 11 is 0. The summed E-state index contributed by atoms with van der Waals surface area (Å²) in [6.07, 6.45) is -4.66. The summed E-state index contributed by atoms with van der Waals surface area (Å²) in [7, 11) is 0. The minimum atomic E-state index is -4.66. The summed E-state index contributed by atoms with van der Waals surface area (Å²) in [5, 5.41) is 2.55. The molecule has 1 amide bonds. The van der Waals surface area contributed by atoms with Crippen molar-refractivity contribution in [1.29, 1.82) is 0 Å². The van der Waals surface area contributed by atoms with Gasteiger partial charge in [-0.3, -0.25) is 4.79 Å². The van der Waals surface area contributed by atoms with Crippen LogP contribution in [0.2, 0.25) is 0 Å². The van der Waals surface area contributed by atoms with Crippen LogP contribution in [0.1, 0.15) is 12.5 Å². The van der Waals surface area contributed by atoms with E-state index < -0.39 is 29.2 Å². The van der Waals surface area contributed by atoms with Gasteiger partial charge in [0.1, 0.15) is 5.82 Å². The summed E-state index contributed by atoms with van der Waals surface area (Å²) < 4.78 is 52.2. The molecule has 0 aliphatic rings. The van der Waals surface area contributed by atoms with Crippen molar-refractivity contribution < 1.29 is 22.4 Å². The van der Waals surface area contributed by atoms with E-state index >= 15 is 0 Å². The molecule has 26 heavy (non-hydrogen) atoms. The van der Waals surface area contributed by atoms with Gasteiger partial charge < -0.3 is 10.2 Å². The SMILES string of the molecule is [C-]#[N+]c1ccc(N(CC)CC(=O)Nc2ccc(F)cc2)cc1C(F)(F)F. The van der Waals surface area contributed by atoms with Crippen LogP contribution < -0.4 is 10.2 Å². The molecule has 0 fully saturated rings. The second-order valence-corrected chi connectivity index (χ2v) is 5.38. The van der Waals surface area contributed by atoms with Gasteiger partial charge in [-0.2, -0.15) is 13.2 Å². The molecule has 2 aromatic carbocycles. The topological polar surface area (TPSA) is 36.7 Å². The largest absolute Gasteiger partial charge is 0.407 e. The first kappa shape index (κ1) is 19.2. The summed E-state index contributed by atoms with van der Waals surface area (Å²) in [5.41, 5.74) is -0.969. The molecule has 0 heterocycles. The van der Waals surface area contributed by atoms with Crippen molar-refractivity contribution in [2.75, 3.05) is 23.3 Å². The normalized spacial score (nSPS) is 10.9. The zero-order valence-electron chi connectivity index (χ0n) is 13.8. The molecule has 1 N–H and O–H groups in total. The highest BCUT2D eigenvalue weighted by molar-refractivity contribution is 5.94. The Bertz CT molecular complexity index is 826. The lowest BCUT2D eigenvalue weighted by Gasteiger charge is -2.24. The molecule has 0 saturated carbocycles. The highest BCUT2D eigenvalue weighted by atomic mass is 19.4. The van der Waals surface area contributed by atoms with Gasteiger partial charge in [-0.05, 0) is 43.3 Å². The third kappa shape index (κ3) is 4.72. The van der Waals surface area contributed by atoms with E-state index in [9.17, 15) is 22.4 Å². The van der Waals surface area contributed by atoms with Crippen LogP contribution in [0.3, 0.4) is 0 Å². The van der Waals surface area contributed by atoms with Gasteiger partial charge in [0.05, 0.1) is 18.7 Å². The monoisotopic (exact) mass is 365 g/mol. The Labute approximate surface area is 147 Å². The maximum absolute atomic E-state index is 13.1. The Balaban J connectivity index is 2.19. The second-order valence-electron chi connectivity index (χ2n) is 5.38. The first-order valence-corrected chi connectivity index (χ1v) is 7.63. The number of halogens is 4. The summed E-state index contributed by atoms with van der Waals surface area (Å²) in [4.78, 5) is 16.5. The lowest BCUT2D eigenvalue weighted by atomic mass is 10.1. The van der Waals surface area contributed by atoms with Crippen molar-refractivity contribution >= 4 is 23.0 Å². The highest BCUT2D eigenvalue weighted by Gasteiger charge is 2.34. The fourth-order valence-corrected chi connectivity index (χ4v) is 2.34. The molecule has 0 aliphatic carbocycles. The zero-order chi connectivity index (χ0) is 19.3. The Morgan fingerprint density at radius 1 is 1.19 bits per heavy atom. The molecule has 2 aromatic rings. The van der Waals surface area contributed by atoms with Crippen molar-refractivity contribution in [3.63, 3.8) is 0 Å². The maximum atomic E-state index is 13.1. The smallest absolute Gasteiger partial charge is 0.363 e. The first-order valence-electron chi connectivity index (χ1n) is 7.63. The van der Waals surface area contributed by atoms with Gasteiger partial charge in [-0.25, -0.2) is 9.24 Å². The molecular weight excluding hydrogens is 350 g/mol. The van der Waals surface area contributed by atoms with E-state index in [1.807, 2.05) is 0 Å².